The first-order valence-electron chi connectivity index (χ1n) is 17.1. The lowest BCUT2D eigenvalue weighted by molar-refractivity contribution is -0.149. The first-order valence-corrected chi connectivity index (χ1v) is 17.1. The maximum atomic E-state index is 14.0. The highest BCUT2D eigenvalue weighted by molar-refractivity contribution is 5.87. The van der Waals surface area contributed by atoms with Gasteiger partial charge in [0, 0.05) is 52.5 Å². The van der Waals surface area contributed by atoms with Crippen LogP contribution in [0.5, 0.6) is 0 Å². The summed E-state index contributed by atoms with van der Waals surface area (Å²) in [6.45, 7) is 11.7. The van der Waals surface area contributed by atoms with E-state index in [9.17, 15) is 29.1 Å². The van der Waals surface area contributed by atoms with Gasteiger partial charge in [-0.2, -0.15) is 0 Å². The number of benzene rings is 1. The second-order valence-electron chi connectivity index (χ2n) is 13.7. The molecular weight excluding hydrogens is 600 g/mol. The van der Waals surface area contributed by atoms with Crippen LogP contribution >= 0.6 is 0 Å². The zero-order chi connectivity index (χ0) is 35.4. The molecular formula is C37H58N2O8. The number of rotatable bonds is 20. The highest BCUT2D eigenvalue weighted by Crippen LogP contribution is 2.31. The van der Waals surface area contributed by atoms with Crippen molar-refractivity contribution in [1.29, 1.82) is 0 Å². The lowest BCUT2D eigenvalue weighted by Gasteiger charge is -2.40. The largest absolute Gasteiger partial charge is 0.481 e. The minimum Gasteiger partial charge on any atom is -0.481 e. The molecule has 10 nitrogen and oxygen atoms in total. The fourth-order valence-electron chi connectivity index (χ4n) is 7.09. The van der Waals surface area contributed by atoms with Crippen molar-refractivity contribution in [3.8, 4) is 0 Å². The average molecular weight is 659 g/mol. The number of ether oxygens (including phenoxy) is 2. The Morgan fingerprint density at radius 3 is 2.13 bits per heavy atom. The molecule has 0 aromatic heterocycles. The minimum atomic E-state index is -1.02. The Balaban J connectivity index is 2.23. The third-order valence-electron chi connectivity index (χ3n) is 10.1. The first kappa shape index (κ1) is 40.1. The van der Waals surface area contributed by atoms with Gasteiger partial charge in [0.1, 0.15) is 11.6 Å². The summed E-state index contributed by atoms with van der Waals surface area (Å²) in [5.41, 5.74) is 0.852. The molecule has 0 bridgehead atoms. The SMILES string of the molecule is CC[C@H](C)C([C@@H](CC(=O)N1CCC[C@H]1[C@H](OC)[C@@H](C)C(=O)C[C@@H](Cc1ccccc1)C(=O)O)OC)N(C)C(=O)[C@@H](CC(C)=O)C(C)C. The van der Waals surface area contributed by atoms with Crippen LogP contribution in [0.15, 0.2) is 30.3 Å². The van der Waals surface area contributed by atoms with E-state index in [0.717, 1.165) is 18.4 Å². The highest BCUT2D eigenvalue weighted by atomic mass is 16.5. The molecule has 1 fully saturated rings. The second-order valence-corrected chi connectivity index (χ2v) is 13.7. The molecule has 0 radical (unpaired) electrons. The van der Waals surface area contributed by atoms with E-state index in [2.05, 4.69) is 0 Å². The van der Waals surface area contributed by atoms with Crippen molar-refractivity contribution in [3.63, 3.8) is 0 Å². The van der Waals surface area contributed by atoms with E-state index in [1.165, 1.54) is 14.0 Å². The van der Waals surface area contributed by atoms with E-state index in [1.807, 2.05) is 58.0 Å². The number of ketones is 2. The number of hydrogen-bond donors (Lipinski definition) is 1. The molecule has 47 heavy (non-hydrogen) atoms. The number of carboxylic acid groups (broad SMARTS) is 1. The molecule has 1 aromatic carbocycles. The van der Waals surface area contributed by atoms with Crippen LogP contribution in [0.25, 0.3) is 0 Å². The third kappa shape index (κ3) is 11.0. The van der Waals surface area contributed by atoms with E-state index >= 15 is 0 Å². The van der Waals surface area contributed by atoms with Crippen molar-refractivity contribution in [1.82, 2.24) is 9.80 Å². The van der Waals surface area contributed by atoms with Crippen molar-refractivity contribution in [2.45, 2.75) is 111 Å². The molecule has 10 heteroatoms. The zero-order valence-corrected chi connectivity index (χ0v) is 29.9. The number of likely N-dealkylation sites (N-methyl/N-ethyl adjacent to an activating group) is 1. The lowest BCUT2D eigenvalue weighted by Crippen LogP contribution is -2.54. The van der Waals surface area contributed by atoms with Crippen LogP contribution in [0.3, 0.4) is 0 Å². The fraction of sp³-hybridized carbons (Fsp3) is 0.703. The van der Waals surface area contributed by atoms with Crippen LogP contribution in [0.4, 0.5) is 0 Å². The van der Waals surface area contributed by atoms with Gasteiger partial charge in [-0.05, 0) is 43.6 Å². The monoisotopic (exact) mass is 658 g/mol. The van der Waals surface area contributed by atoms with Gasteiger partial charge in [-0.3, -0.25) is 19.2 Å². The van der Waals surface area contributed by atoms with E-state index in [4.69, 9.17) is 9.47 Å². The van der Waals surface area contributed by atoms with Gasteiger partial charge in [0.2, 0.25) is 11.8 Å². The number of likely N-dealkylation sites (tertiary alicyclic amines) is 1. The van der Waals surface area contributed by atoms with Crippen LogP contribution < -0.4 is 0 Å². The van der Waals surface area contributed by atoms with Crippen LogP contribution in [-0.4, -0.2) is 96.4 Å². The number of hydrogen-bond acceptors (Lipinski definition) is 7. The summed E-state index contributed by atoms with van der Waals surface area (Å²) in [5.74, 6) is -3.52. The van der Waals surface area contributed by atoms with Crippen molar-refractivity contribution in [2.75, 3.05) is 27.8 Å². The van der Waals surface area contributed by atoms with Gasteiger partial charge in [0.15, 0.2) is 0 Å². The van der Waals surface area contributed by atoms with Gasteiger partial charge in [0.05, 0.1) is 36.6 Å². The Morgan fingerprint density at radius 1 is 0.979 bits per heavy atom. The van der Waals surface area contributed by atoms with Crippen molar-refractivity contribution >= 4 is 29.4 Å². The quantitative estimate of drug-likeness (QED) is 0.206. The number of amides is 2. The van der Waals surface area contributed by atoms with E-state index in [1.54, 1.807) is 30.9 Å². The highest BCUT2D eigenvalue weighted by Gasteiger charge is 2.43. The van der Waals surface area contributed by atoms with Crippen molar-refractivity contribution in [2.24, 2.45) is 29.6 Å². The zero-order valence-electron chi connectivity index (χ0n) is 29.9. The number of methoxy groups -OCH3 is 2. The number of aliphatic carboxylic acids is 1. The van der Waals surface area contributed by atoms with Crippen LogP contribution in [0, 0.1) is 29.6 Å². The van der Waals surface area contributed by atoms with Gasteiger partial charge in [0.25, 0.3) is 0 Å². The van der Waals surface area contributed by atoms with Crippen molar-refractivity contribution in [3.05, 3.63) is 35.9 Å². The molecule has 0 spiro atoms. The van der Waals surface area contributed by atoms with Gasteiger partial charge in [-0.15, -0.1) is 0 Å². The second kappa shape index (κ2) is 19.0. The van der Waals surface area contributed by atoms with Crippen LogP contribution in [0.2, 0.25) is 0 Å². The maximum absolute atomic E-state index is 14.0. The molecule has 2 amide bonds. The summed E-state index contributed by atoms with van der Waals surface area (Å²) in [4.78, 5) is 68.7. The molecule has 264 valence electrons. The predicted octanol–water partition coefficient (Wildman–Crippen LogP) is 5.06. The minimum absolute atomic E-state index is 0.0173. The smallest absolute Gasteiger partial charge is 0.307 e. The maximum Gasteiger partial charge on any atom is 0.307 e. The molecule has 1 unspecified atom stereocenters. The van der Waals surface area contributed by atoms with Gasteiger partial charge in [-0.1, -0.05) is 71.4 Å². The first-order chi connectivity index (χ1) is 22.2. The fourth-order valence-corrected chi connectivity index (χ4v) is 7.09. The summed E-state index contributed by atoms with van der Waals surface area (Å²) in [5, 5.41) is 9.88. The predicted molar refractivity (Wildman–Crippen MR) is 181 cm³/mol. The van der Waals surface area contributed by atoms with E-state index in [0.29, 0.717) is 13.0 Å². The Hall–Kier alpha value is -3.11. The topological polar surface area (TPSA) is 131 Å². The molecule has 1 aliphatic heterocycles. The Labute approximate surface area is 281 Å². The number of Topliss-reactive ketones (excluding diaryl/α,β-unsaturated/α-hetero) is 2. The molecule has 0 saturated carbocycles. The summed E-state index contributed by atoms with van der Waals surface area (Å²) in [6, 6.07) is 8.50. The van der Waals surface area contributed by atoms with Gasteiger partial charge < -0.3 is 29.2 Å². The molecule has 1 N–H and O–H groups in total. The molecule has 8 atom stereocenters. The van der Waals surface area contributed by atoms with E-state index < -0.39 is 42.0 Å². The lowest BCUT2D eigenvalue weighted by atomic mass is 9.85. The van der Waals surface area contributed by atoms with Crippen LogP contribution in [-0.2, 0) is 39.9 Å². The third-order valence-corrected chi connectivity index (χ3v) is 10.1. The molecule has 1 aromatic rings. The molecule has 1 heterocycles. The Kier molecular flexibility index (Phi) is 16.2. The molecule has 1 aliphatic rings. The molecule has 1 saturated heterocycles. The molecule has 0 aliphatic carbocycles. The van der Waals surface area contributed by atoms with Gasteiger partial charge >= 0.3 is 5.97 Å². The number of carbonyl (C=O) groups excluding carboxylic acids is 4. The van der Waals surface area contributed by atoms with Crippen molar-refractivity contribution < 1.29 is 38.6 Å². The molecule has 2 rings (SSSR count). The normalized spacial score (nSPS) is 19.4. The Morgan fingerprint density at radius 2 is 1.62 bits per heavy atom. The summed E-state index contributed by atoms with van der Waals surface area (Å²) < 4.78 is 11.8. The Bertz CT molecular complexity index is 1190. The summed E-state index contributed by atoms with van der Waals surface area (Å²) in [6.07, 6.45) is 1.28. The average Bonchev–Trinajstić information content (AvgIpc) is 3.52. The van der Waals surface area contributed by atoms with Crippen LogP contribution in [0.1, 0.15) is 85.6 Å². The van der Waals surface area contributed by atoms with E-state index in [-0.39, 0.29) is 66.9 Å². The summed E-state index contributed by atoms with van der Waals surface area (Å²) in [7, 11) is 4.81. The number of nitrogens with zero attached hydrogens (tertiary/aromatic N) is 2. The standard InChI is InChI=1S/C37H58N2O8/c1-10-24(4)34(38(7)36(43)29(23(2)3)19-25(5)40)32(46-8)22-33(42)39-18-14-17-30(39)35(47-9)26(6)31(41)21-28(37(44)45)20-27-15-12-11-13-16-27/h11-13,15-16,23-24,26,28-30,32,34-35H,10,14,17-22H2,1-9H3,(H,44,45)/t24-,26-,28+,29-,30-,32+,34?,35+/m0/s1. The van der Waals surface area contributed by atoms with Gasteiger partial charge in [-0.25, -0.2) is 0 Å². The number of carbonyl (C=O) groups is 5. The number of carboxylic acids is 1. The summed E-state index contributed by atoms with van der Waals surface area (Å²) >= 11 is 0.